The van der Waals surface area contributed by atoms with E-state index >= 15 is 0 Å². The van der Waals surface area contributed by atoms with E-state index in [0.29, 0.717) is 37.1 Å². The second-order valence-electron chi connectivity index (χ2n) is 5.91. The molecule has 1 amide bonds. The van der Waals surface area contributed by atoms with Gasteiger partial charge in [-0.05, 0) is 23.8 Å². The lowest BCUT2D eigenvalue weighted by atomic mass is 10.2. The van der Waals surface area contributed by atoms with E-state index in [2.05, 4.69) is 20.2 Å². The van der Waals surface area contributed by atoms with Gasteiger partial charge in [-0.15, -0.1) is 0 Å². The van der Waals surface area contributed by atoms with Crippen LogP contribution >= 0.6 is 0 Å². The van der Waals surface area contributed by atoms with Gasteiger partial charge >= 0.3 is 0 Å². The quantitative estimate of drug-likeness (QED) is 0.750. The lowest BCUT2D eigenvalue weighted by molar-refractivity contribution is -0.118. The Kier molecular flexibility index (Phi) is 5.73. The first-order valence-electron chi connectivity index (χ1n) is 8.45. The molecule has 1 aliphatic rings. The van der Waals surface area contributed by atoms with Gasteiger partial charge in [0.25, 0.3) is 0 Å². The number of rotatable bonds is 7. The van der Waals surface area contributed by atoms with Crippen molar-refractivity contribution in [3.05, 3.63) is 36.0 Å². The summed E-state index contributed by atoms with van der Waals surface area (Å²) in [6.45, 7) is 3.53. The summed E-state index contributed by atoms with van der Waals surface area (Å²) in [7, 11) is 3.23. The third kappa shape index (κ3) is 4.14. The number of benzene rings is 1. The van der Waals surface area contributed by atoms with Crippen LogP contribution in [0.3, 0.4) is 0 Å². The first-order valence-corrected chi connectivity index (χ1v) is 8.45. The molecule has 0 spiro atoms. The summed E-state index contributed by atoms with van der Waals surface area (Å²) in [4.78, 5) is 23.6. The van der Waals surface area contributed by atoms with Crippen LogP contribution in [0.2, 0.25) is 0 Å². The number of hydrogen-bond acceptors (Lipinski definition) is 7. The minimum absolute atomic E-state index is 0.565. The molecule has 0 saturated carbocycles. The van der Waals surface area contributed by atoms with Crippen LogP contribution in [0.1, 0.15) is 5.56 Å². The molecule has 1 aromatic carbocycles. The van der Waals surface area contributed by atoms with Crippen LogP contribution in [-0.2, 0) is 11.3 Å². The second kappa shape index (κ2) is 8.37. The zero-order valence-corrected chi connectivity index (χ0v) is 15.0. The van der Waals surface area contributed by atoms with Gasteiger partial charge in [0.2, 0.25) is 12.4 Å². The molecule has 8 nitrogen and oxygen atoms in total. The van der Waals surface area contributed by atoms with Crippen molar-refractivity contribution in [2.75, 3.05) is 50.6 Å². The monoisotopic (exact) mass is 357 g/mol. The minimum atomic E-state index is 0.565. The number of amides is 1. The van der Waals surface area contributed by atoms with Crippen LogP contribution < -0.4 is 19.7 Å². The van der Waals surface area contributed by atoms with E-state index in [9.17, 15) is 4.79 Å². The normalized spacial score (nSPS) is 14.1. The van der Waals surface area contributed by atoms with Crippen LogP contribution in [0.15, 0.2) is 30.5 Å². The van der Waals surface area contributed by atoms with Crippen molar-refractivity contribution in [1.82, 2.24) is 14.9 Å². The van der Waals surface area contributed by atoms with Gasteiger partial charge in [-0.3, -0.25) is 4.79 Å². The summed E-state index contributed by atoms with van der Waals surface area (Å²) in [6.07, 6.45) is 2.64. The smallest absolute Gasteiger partial charge is 0.224 e. The highest BCUT2D eigenvalue weighted by molar-refractivity contribution is 5.50. The third-order valence-corrected chi connectivity index (χ3v) is 4.33. The molecule has 0 atom stereocenters. The van der Waals surface area contributed by atoms with Gasteiger partial charge in [0.05, 0.1) is 14.2 Å². The Bertz CT molecular complexity index is 747. The molecule has 2 heterocycles. The van der Waals surface area contributed by atoms with Crippen LogP contribution in [0.4, 0.5) is 11.8 Å². The number of ether oxygens (including phenoxy) is 2. The topological polar surface area (TPSA) is 79.8 Å². The number of piperazine rings is 1. The fraction of sp³-hybridized carbons (Fsp3) is 0.389. The predicted octanol–water partition coefficient (Wildman–Crippen LogP) is 1.38. The summed E-state index contributed by atoms with van der Waals surface area (Å²) in [5.74, 6) is 2.81. The summed E-state index contributed by atoms with van der Waals surface area (Å²) in [5.41, 5.74) is 1.04. The van der Waals surface area contributed by atoms with Crippen molar-refractivity contribution in [3.8, 4) is 11.5 Å². The number of hydrogen-bond donors (Lipinski definition) is 1. The first-order chi connectivity index (χ1) is 12.7. The van der Waals surface area contributed by atoms with E-state index < -0.39 is 0 Å². The highest BCUT2D eigenvalue weighted by Gasteiger charge is 2.17. The molecule has 1 aliphatic heterocycles. The average Bonchev–Trinajstić information content (AvgIpc) is 2.72. The Balaban J connectivity index is 1.63. The van der Waals surface area contributed by atoms with E-state index in [0.717, 1.165) is 30.9 Å². The zero-order chi connectivity index (χ0) is 18.4. The molecule has 1 fully saturated rings. The highest BCUT2D eigenvalue weighted by atomic mass is 16.5. The Morgan fingerprint density at radius 3 is 2.58 bits per heavy atom. The number of methoxy groups -OCH3 is 2. The molecule has 1 saturated heterocycles. The molecular weight excluding hydrogens is 334 g/mol. The first kappa shape index (κ1) is 17.8. The van der Waals surface area contributed by atoms with Crippen molar-refractivity contribution in [3.63, 3.8) is 0 Å². The fourth-order valence-corrected chi connectivity index (χ4v) is 2.84. The van der Waals surface area contributed by atoms with Crippen LogP contribution in [0, 0.1) is 0 Å². The maximum absolute atomic E-state index is 10.8. The van der Waals surface area contributed by atoms with E-state index in [1.165, 1.54) is 0 Å². The van der Waals surface area contributed by atoms with E-state index in [1.807, 2.05) is 24.3 Å². The van der Waals surface area contributed by atoms with E-state index in [1.54, 1.807) is 25.3 Å². The number of anilines is 2. The lowest BCUT2D eigenvalue weighted by Crippen LogP contribution is -2.46. The molecule has 138 valence electrons. The van der Waals surface area contributed by atoms with Crippen molar-refractivity contribution in [2.24, 2.45) is 0 Å². The van der Waals surface area contributed by atoms with Crippen LogP contribution in [0.5, 0.6) is 11.5 Å². The highest BCUT2D eigenvalue weighted by Crippen LogP contribution is 2.27. The maximum atomic E-state index is 10.8. The van der Waals surface area contributed by atoms with E-state index in [4.69, 9.17) is 9.47 Å². The maximum Gasteiger partial charge on any atom is 0.224 e. The number of carbonyl (C=O) groups is 1. The number of nitrogens with zero attached hydrogens (tertiary/aromatic N) is 4. The molecule has 8 heteroatoms. The number of nitrogens with one attached hydrogen (secondary N) is 1. The van der Waals surface area contributed by atoms with Crippen LogP contribution in [0.25, 0.3) is 0 Å². The summed E-state index contributed by atoms with van der Waals surface area (Å²) >= 11 is 0. The Hall–Kier alpha value is -3.03. The van der Waals surface area contributed by atoms with Crippen molar-refractivity contribution >= 4 is 18.2 Å². The Labute approximate surface area is 152 Å². The fourth-order valence-electron chi connectivity index (χ4n) is 2.84. The third-order valence-electron chi connectivity index (χ3n) is 4.33. The predicted molar refractivity (Wildman–Crippen MR) is 98.8 cm³/mol. The standard InChI is InChI=1S/C18H23N5O3/c1-25-15-4-3-14(11-16(15)26-2)12-20-18-19-6-5-17(21-18)23-9-7-22(13-24)8-10-23/h3-6,11,13H,7-10,12H2,1-2H3,(H,19,20,21). The number of aromatic nitrogens is 2. The van der Waals surface area contributed by atoms with Gasteiger partial charge in [-0.2, -0.15) is 4.98 Å². The molecule has 3 rings (SSSR count). The van der Waals surface area contributed by atoms with Gasteiger partial charge in [0.15, 0.2) is 11.5 Å². The zero-order valence-electron chi connectivity index (χ0n) is 15.0. The molecule has 26 heavy (non-hydrogen) atoms. The SMILES string of the molecule is COc1ccc(CNc2nccc(N3CCN(C=O)CC3)n2)cc1OC. The molecule has 1 aromatic heterocycles. The Morgan fingerprint density at radius 1 is 1.12 bits per heavy atom. The summed E-state index contributed by atoms with van der Waals surface area (Å²) in [6, 6.07) is 7.66. The van der Waals surface area contributed by atoms with E-state index in [-0.39, 0.29) is 0 Å². The van der Waals surface area contributed by atoms with Crippen molar-refractivity contribution in [1.29, 1.82) is 0 Å². The summed E-state index contributed by atoms with van der Waals surface area (Å²) < 4.78 is 10.6. The molecular formula is C18H23N5O3. The van der Waals surface area contributed by atoms with Crippen LogP contribution in [-0.4, -0.2) is 61.7 Å². The van der Waals surface area contributed by atoms with Crippen molar-refractivity contribution in [2.45, 2.75) is 6.54 Å². The van der Waals surface area contributed by atoms with Gasteiger partial charge in [0.1, 0.15) is 5.82 Å². The van der Waals surface area contributed by atoms with Crippen molar-refractivity contribution < 1.29 is 14.3 Å². The second-order valence-corrected chi connectivity index (χ2v) is 5.91. The molecule has 0 aliphatic carbocycles. The minimum Gasteiger partial charge on any atom is -0.493 e. The largest absolute Gasteiger partial charge is 0.493 e. The molecule has 2 aromatic rings. The van der Waals surface area contributed by atoms with Gasteiger partial charge in [-0.25, -0.2) is 4.98 Å². The van der Waals surface area contributed by atoms with Gasteiger partial charge in [-0.1, -0.05) is 6.07 Å². The average molecular weight is 357 g/mol. The molecule has 1 N–H and O–H groups in total. The molecule has 0 unspecified atom stereocenters. The lowest BCUT2D eigenvalue weighted by Gasteiger charge is -2.33. The summed E-state index contributed by atoms with van der Waals surface area (Å²) in [5, 5.41) is 3.24. The number of carbonyl (C=O) groups excluding carboxylic acids is 1. The molecule has 0 bridgehead atoms. The Morgan fingerprint density at radius 2 is 1.88 bits per heavy atom. The van der Waals surface area contributed by atoms with Gasteiger partial charge < -0.3 is 24.6 Å². The van der Waals surface area contributed by atoms with Gasteiger partial charge in [0, 0.05) is 38.9 Å². The molecule has 0 radical (unpaired) electrons.